The number of hydrogen-bond acceptors (Lipinski definition) is 5. The van der Waals surface area contributed by atoms with Gasteiger partial charge in [0, 0.05) is 31.0 Å². The van der Waals surface area contributed by atoms with Gasteiger partial charge in [0.2, 0.25) is 0 Å². The van der Waals surface area contributed by atoms with Crippen molar-refractivity contribution in [2.45, 2.75) is 32.8 Å². The molecule has 0 radical (unpaired) electrons. The Morgan fingerprint density at radius 1 is 1.25 bits per heavy atom. The summed E-state index contributed by atoms with van der Waals surface area (Å²) in [6.07, 6.45) is 2.72. The molecule has 5 nitrogen and oxygen atoms in total. The highest BCUT2D eigenvalue weighted by atomic mass is 127. The number of benzene rings is 1. The number of carbonyl (C=O) groups is 2. The van der Waals surface area contributed by atoms with Gasteiger partial charge in [-0.1, -0.05) is 34.7 Å². The lowest BCUT2D eigenvalue weighted by atomic mass is 10.1. The second-order valence-electron chi connectivity index (χ2n) is 5.23. The molecular weight excluding hydrogens is 421 g/mol. The van der Waals surface area contributed by atoms with Gasteiger partial charge >= 0.3 is 11.9 Å². The molecule has 1 unspecified atom stereocenters. The monoisotopic (exact) mass is 439 g/mol. The Morgan fingerprint density at radius 2 is 2.00 bits per heavy atom. The predicted molar refractivity (Wildman–Crippen MR) is 100 cm³/mol. The van der Waals surface area contributed by atoms with Crippen LogP contribution in [0.1, 0.15) is 26.0 Å². The van der Waals surface area contributed by atoms with Crippen molar-refractivity contribution in [2.24, 2.45) is 0 Å². The van der Waals surface area contributed by atoms with Gasteiger partial charge in [-0.05, 0) is 35.1 Å². The van der Waals surface area contributed by atoms with E-state index in [2.05, 4.69) is 27.6 Å². The molecule has 1 aromatic carbocycles. The van der Waals surface area contributed by atoms with Crippen molar-refractivity contribution >= 4 is 45.4 Å². The zero-order valence-corrected chi connectivity index (χ0v) is 15.6. The third-order valence-corrected chi connectivity index (χ3v) is 3.69. The highest BCUT2D eigenvalue weighted by Crippen LogP contribution is 2.26. The molecular formula is C18H18INO4. The van der Waals surface area contributed by atoms with E-state index in [9.17, 15) is 9.59 Å². The fraction of sp³-hybridized carbons (Fsp3) is 0.278. The molecule has 0 N–H and O–H groups in total. The van der Waals surface area contributed by atoms with Crippen LogP contribution in [0.5, 0.6) is 5.75 Å². The Morgan fingerprint density at radius 3 is 2.67 bits per heavy atom. The summed E-state index contributed by atoms with van der Waals surface area (Å²) < 4.78 is 12.4. The number of para-hydroxylation sites is 1. The molecule has 126 valence electrons. The van der Waals surface area contributed by atoms with E-state index in [4.69, 9.17) is 9.47 Å². The maximum atomic E-state index is 11.3. The first kappa shape index (κ1) is 18.4. The van der Waals surface area contributed by atoms with Gasteiger partial charge in [-0.15, -0.1) is 0 Å². The minimum atomic E-state index is -0.372. The number of carbonyl (C=O) groups excluding carboxylic acids is 2. The van der Waals surface area contributed by atoms with Gasteiger partial charge in [0.15, 0.2) is 0 Å². The number of pyridine rings is 1. The molecule has 2 rings (SSSR count). The van der Waals surface area contributed by atoms with Gasteiger partial charge in [-0.3, -0.25) is 14.6 Å². The SMILES string of the molecule is CC(=O)Oc1cc(CCC(/C=C/I)OC(C)=O)nc2ccccc12. The van der Waals surface area contributed by atoms with E-state index >= 15 is 0 Å². The molecule has 0 aliphatic carbocycles. The molecule has 0 spiro atoms. The number of nitrogens with zero attached hydrogens (tertiary/aromatic N) is 1. The van der Waals surface area contributed by atoms with Gasteiger partial charge in [0.25, 0.3) is 0 Å². The molecule has 0 saturated heterocycles. The number of ether oxygens (including phenoxy) is 2. The van der Waals surface area contributed by atoms with Crippen molar-refractivity contribution in [3.63, 3.8) is 0 Å². The van der Waals surface area contributed by atoms with Crippen LogP contribution in [-0.4, -0.2) is 23.0 Å². The normalized spacial score (nSPS) is 12.3. The van der Waals surface area contributed by atoms with E-state index in [0.29, 0.717) is 18.6 Å². The Bertz CT molecular complexity index is 773. The Hall–Kier alpha value is -1.96. The average molecular weight is 439 g/mol. The number of aryl methyl sites for hydroxylation is 1. The second-order valence-corrected chi connectivity index (χ2v) is 5.95. The highest BCUT2D eigenvalue weighted by Gasteiger charge is 2.12. The molecule has 0 aliphatic heterocycles. The molecule has 1 atom stereocenters. The molecule has 0 bridgehead atoms. The quantitative estimate of drug-likeness (QED) is 0.504. The first-order valence-corrected chi connectivity index (χ1v) is 8.75. The molecule has 6 heteroatoms. The summed E-state index contributed by atoms with van der Waals surface area (Å²) in [6.45, 7) is 2.76. The number of esters is 2. The lowest BCUT2D eigenvalue weighted by molar-refractivity contribution is -0.144. The number of fused-ring (bicyclic) bond motifs is 1. The van der Waals surface area contributed by atoms with Gasteiger partial charge in [0.1, 0.15) is 11.9 Å². The van der Waals surface area contributed by atoms with E-state index in [1.165, 1.54) is 13.8 Å². The molecule has 24 heavy (non-hydrogen) atoms. The van der Waals surface area contributed by atoms with Crippen LogP contribution in [0.25, 0.3) is 10.9 Å². The molecule has 0 amide bonds. The molecule has 1 heterocycles. The molecule has 2 aromatic rings. The van der Waals surface area contributed by atoms with Crippen LogP contribution in [0.15, 0.2) is 40.5 Å². The number of halogens is 1. The Kier molecular flexibility index (Phi) is 6.72. The fourth-order valence-corrected chi connectivity index (χ4v) is 2.80. The lowest BCUT2D eigenvalue weighted by Gasteiger charge is -2.13. The van der Waals surface area contributed by atoms with Crippen molar-refractivity contribution in [3.8, 4) is 5.75 Å². The lowest BCUT2D eigenvalue weighted by Crippen LogP contribution is -2.15. The van der Waals surface area contributed by atoms with Crippen molar-refractivity contribution in [1.29, 1.82) is 0 Å². The summed E-state index contributed by atoms with van der Waals surface area (Å²) >= 11 is 2.09. The maximum Gasteiger partial charge on any atom is 0.308 e. The van der Waals surface area contributed by atoms with E-state index < -0.39 is 0 Å². The first-order valence-electron chi connectivity index (χ1n) is 7.50. The van der Waals surface area contributed by atoms with Crippen LogP contribution in [0, 0.1) is 0 Å². The van der Waals surface area contributed by atoms with Gasteiger partial charge in [-0.25, -0.2) is 0 Å². The molecule has 0 fully saturated rings. The first-order chi connectivity index (χ1) is 11.5. The zero-order chi connectivity index (χ0) is 17.5. The highest BCUT2D eigenvalue weighted by molar-refractivity contribution is 14.1. The summed E-state index contributed by atoms with van der Waals surface area (Å²) in [5.41, 5.74) is 1.55. The summed E-state index contributed by atoms with van der Waals surface area (Å²) in [7, 11) is 0. The summed E-state index contributed by atoms with van der Waals surface area (Å²) in [4.78, 5) is 27.1. The maximum absolute atomic E-state index is 11.3. The van der Waals surface area contributed by atoms with E-state index in [1.54, 1.807) is 6.07 Å². The van der Waals surface area contributed by atoms with Gasteiger partial charge in [-0.2, -0.15) is 0 Å². The average Bonchev–Trinajstić information content (AvgIpc) is 2.52. The summed E-state index contributed by atoms with van der Waals surface area (Å²) in [5.74, 6) is -0.193. The summed E-state index contributed by atoms with van der Waals surface area (Å²) in [6, 6.07) is 9.27. The largest absolute Gasteiger partial charge is 0.458 e. The Labute approximate surface area is 154 Å². The third kappa shape index (κ3) is 5.30. The van der Waals surface area contributed by atoms with Crippen LogP contribution in [0.2, 0.25) is 0 Å². The van der Waals surface area contributed by atoms with Crippen LogP contribution < -0.4 is 4.74 Å². The van der Waals surface area contributed by atoms with Gasteiger partial charge in [0.05, 0.1) is 5.52 Å². The van der Waals surface area contributed by atoms with Crippen molar-refractivity contribution in [1.82, 2.24) is 4.98 Å². The fourth-order valence-electron chi connectivity index (χ4n) is 2.34. The zero-order valence-electron chi connectivity index (χ0n) is 13.5. The van der Waals surface area contributed by atoms with Crippen LogP contribution in [0.3, 0.4) is 0 Å². The smallest absolute Gasteiger partial charge is 0.308 e. The molecule has 0 aliphatic rings. The predicted octanol–water partition coefficient (Wildman–Crippen LogP) is 3.97. The third-order valence-electron chi connectivity index (χ3n) is 3.27. The van der Waals surface area contributed by atoms with Crippen molar-refractivity contribution in [2.75, 3.05) is 0 Å². The number of rotatable bonds is 6. The minimum absolute atomic E-state index is 0.301. The number of aromatic nitrogens is 1. The van der Waals surface area contributed by atoms with Crippen molar-refractivity contribution in [3.05, 3.63) is 46.2 Å². The molecule has 0 saturated carbocycles. The van der Waals surface area contributed by atoms with Crippen LogP contribution in [-0.2, 0) is 20.7 Å². The van der Waals surface area contributed by atoms with E-state index in [-0.39, 0.29) is 18.0 Å². The van der Waals surface area contributed by atoms with Gasteiger partial charge < -0.3 is 9.47 Å². The number of hydrogen-bond donors (Lipinski definition) is 0. The van der Waals surface area contributed by atoms with E-state index in [0.717, 1.165) is 16.6 Å². The summed E-state index contributed by atoms with van der Waals surface area (Å²) in [5, 5.41) is 0.792. The van der Waals surface area contributed by atoms with Crippen LogP contribution in [0.4, 0.5) is 0 Å². The van der Waals surface area contributed by atoms with Crippen LogP contribution >= 0.6 is 22.6 Å². The minimum Gasteiger partial charge on any atom is -0.458 e. The standard InChI is InChI=1S/C18H18INO4/c1-12(21)23-15(9-10-19)8-7-14-11-18(24-13(2)22)16-5-3-4-6-17(16)20-14/h3-6,9-11,15H,7-8H2,1-2H3/b10-9+. The second kappa shape index (κ2) is 8.77. The van der Waals surface area contributed by atoms with Crippen molar-refractivity contribution < 1.29 is 19.1 Å². The molecule has 1 aromatic heterocycles. The topological polar surface area (TPSA) is 65.5 Å². The Balaban J connectivity index is 2.24. The van der Waals surface area contributed by atoms with E-state index in [1.807, 2.05) is 34.4 Å².